The van der Waals surface area contributed by atoms with Crippen molar-refractivity contribution in [1.82, 2.24) is 5.32 Å². The Morgan fingerprint density at radius 1 is 1.11 bits per heavy atom. The van der Waals surface area contributed by atoms with Crippen molar-refractivity contribution in [3.63, 3.8) is 0 Å². The van der Waals surface area contributed by atoms with Gasteiger partial charge in [-0.25, -0.2) is 4.79 Å². The molecule has 1 heterocycles. The molecule has 0 bridgehead atoms. The molecule has 0 aliphatic carbocycles. The number of benzene rings is 2. The minimum Gasteiger partial charge on any atom is -0.466 e. The molecule has 1 aromatic heterocycles. The zero-order valence-electron chi connectivity index (χ0n) is 14.5. The van der Waals surface area contributed by atoms with E-state index in [1.54, 1.807) is 60.7 Å². The summed E-state index contributed by atoms with van der Waals surface area (Å²) in [7, 11) is 0. The molecule has 3 aromatic rings. The molecular weight excluding hydrogens is 446 g/mol. The summed E-state index contributed by atoms with van der Waals surface area (Å²) in [4.78, 5) is 25.1. The lowest BCUT2D eigenvalue weighted by atomic mass is 10.1. The first kappa shape index (κ1) is 19.9. The van der Waals surface area contributed by atoms with Gasteiger partial charge in [-0.05, 0) is 54.1 Å². The minimum atomic E-state index is -0.685. The average Bonchev–Trinajstić information content (AvgIpc) is 3.21. The number of esters is 1. The zero-order valence-corrected chi connectivity index (χ0v) is 16.9. The van der Waals surface area contributed by atoms with Gasteiger partial charge in [-0.1, -0.05) is 45.7 Å². The molecule has 0 aliphatic rings. The van der Waals surface area contributed by atoms with E-state index in [0.29, 0.717) is 21.9 Å². The van der Waals surface area contributed by atoms with Crippen molar-refractivity contribution in [1.29, 1.82) is 0 Å². The van der Waals surface area contributed by atoms with Crippen molar-refractivity contribution in [3.8, 4) is 0 Å². The summed E-state index contributed by atoms with van der Waals surface area (Å²) in [6.07, 6.45) is 3.01. The number of rotatable bonds is 6. The molecule has 0 saturated heterocycles. The van der Waals surface area contributed by atoms with Crippen LogP contribution < -0.4 is 5.32 Å². The van der Waals surface area contributed by atoms with Gasteiger partial charge >= 0.3 is 5.97 Å². The fourth-order valence-electron chi connectivity index (χ4n) is 2.31. The predicted octanol–water partition coefficient (Wildman–Crippen LogP) is 5.21. The van der Waals surface area contributed by atoms with E-state index in [2.05, 4.69) is 21.2 Å². The average molecular weight is 461 g/mol. The molecule has 142 valence electrons. The van der Waals surface area contributed by atoms with E-state index in [1.165, 1.54) is 12.3 Å². The number of carbonyl (C=O) groups is 2. The van der Waals surface area contributed by atoms with Gasteiger partial charge in [0.25, 0.3) is 5.91 Å². The maximum atomic E-state index is 12.6. The van der Waals surface area contributed by atoms with Crippen molar-refractivity contribution >= 4 is 45.5 Å². The zero-order chi connectivity index (χ0) is 19.9. The lowest BCUT2D eigenvalue weighted by molar-refractivity contribution is -0.141. The molecular formula is C21H15BrClNO4. The molecule has 5 nitrogen and oxygen atoms in total. The highest BCUT2D eigenvalue weighted by Gasteiger charge is 2.17. The lowest BCUT2D eigenvalue weighted by Crippen LogP contribution is -2.28. The number of hydrogen-bond acceptors (Lipinski definition) is 4. The highest BCUT2D eigenvalue weighted by molar-refractivity contribution is 9.10. The second-order valence-electron chi connectivity index (χ2n) is 5.73. The minimum absolute atomic E-state index is 0.00106. The first-order valence-electron chi connectivity index (χ1n) is 8.25. The standard InChI is InChI=1S/C21H15BrClNO4/c22-16-4-1-3-15(12-16)20(25)24-19(11-14-6-8-17(23)9-7-14)21(26)28-13-18-5-2-10-27-18/h1-12H,13H2,(H,24,25). The van der Waals surface area contributed by atoms with E-state index in [0.717, 1.165) is 4.47 Å². The van der Waals surface area contributed by atoms with Crippen LogP contribution in [-0.4, -0.2) is 11.9 Å². The largest absolute Gasteiger partial charge is 0.466 e. The Bertz CT molecular complexity index is 998. The molecule has 1 amide bonds. The van der Waals surface area contributed by atoms with Crippen LogP contribution in [0.1, 0.15) is 21.7 Å². The van der Waals surface area contributed by atoms with Crippen molar-refractivity contribution in [3.05, 3.63) is 99.0 Å². The summed E-state index contributed by atoms with van der Waals surface area (Å²) in [6, 6.07) is 17.1. The van der Waals surface area contributed by atoms with Crippen LogP contribution in [0.2, 0.25) is 5.02 Å². The predicted molar refractivity (Wildman–Crippen MR) is 110 cm³/mol. The summed E-state index contributed by atoms with van der Waals surface area (Å²) in [5.74, 6) is -0.622. The van der Waals surface area contributed by atoms with Crippen molar-refractivity contribution in [2.24, 2.45) is 0 Å². The second kappa shape index (κ2) is 9.39. The molecule has 3 rings (SSSR count). The molecule has 0 aliphatic heterocycles. The topological polar surface area (TPSA) is 68.5 Å². The third-order valence-corrected chi connectivity index (χ3v) is 4.41. The number of halogens is 2. The van der Waals surface area contributed by atoms with Crippen LogP contribution in [0.25, 0.3) is 6.08 Å². The number of hydrogen-bond donors (Lipinski definition) is 1. The molecule has 0 atom stereocenters. The first-order chi connectivity index (χ1) is 13.5. The summed E-state index contributed by atoms with van der Waals surface area (Å²) in [5.41, 5.74) is 1.08. The number of amides is 1. The maximum Gasteiger partial charge on any atom is 0.355 e. The monoisotopic (exact) mass is 459 g/mol. The third-order valence-electron chi connectivity index (χ3n) is 3.66. The Morgan fingerprint density at radius 2 is 1.89 bits per heavy atom. The Hall–Kier alpha value is -2.83. The Kier molecular flexibility index (Phi) is 6.68. The van der Waals surface area contributed by atoms with E-state index in [4.69, 9.17) is 20.8 Å². The molecule has 28 heavy (non-hydrogen) atoms. The van der Waals surface area contributed by atoms with E-state index in [9.17, 15) is 9.59 Å². The van der Waals surface area contributed by atoms with Crippen LogP contribution in [0.15, 0.2) is 81.5 Å². The van der Waals surface area contributed by atoms with Gasteiger partial charge in [-0.3, -0.25) is 4.79 Å². The van der Waals surface area contributed by atoms with Crippen LogP contribution >= 0.6 is 27.5 Å². The van der Waals surface area contributed by atoms with Gasteiger partial charge < -0.3 is 14.5 Å². The highest BCUT2D eigenvalue weighted by Crippen LogP contribution is 2.15. The number of nitrogens with one attached hydrogen (secondary N) is 1. The van der Waals surface area contributed by atoms with E-state index in [-0.39, 0.29) is 12.3 Å². The van der Waals surface area contributed by atoms with Gasteiger partial charge in [0.2, 0.25) is 0 Å². The second-order valence-corrected chi connectivity index (χ2v) is 7.08. The summed E-state index contributed by atoms with van der Waals surface area (Å²) in [6.45, 7) is -0.0451. The Balaban J connectivity index is 1.81. The summed E-state index contributed by atoms with van der Waals surface area (Å²) >= 11 is 9.22. The van der Waals surface area contributed by atoms with Crippen LogP contribution in [-0.2, 0) is 16.1 Å². The fourth-order valence-corrected chi connectivity index (χ4v) is 2.83. The van der Waals surface area contributed by atoms with Gasteiger partial charge in [0.15, 0.2) is 0 Å². The van der Waals surface area contributed by atoms with Gasteiger partial charge in [0, 0.05) is 15.1 Å². The Morgan fingerprint density at radius 3 is 2.57 bits per heavy atom. The summed E-state index contributed by atoms with van der Waals surface area (Å²) in [5, 5.41) is 3.18. The smallest absolute Gasteiger partial charge is 0.355 e. The van der Waals surface area contributed by atoms with E-state index < -0.39 is 11.9 Å². The van der Waals surface area contributed by atoms with E-state index in [1.807, 2.05) is 0 Å². The first-order valence-corrected chi connectivity index (χ1v) is 9.42. The van der Waals surface area contributed by atoms with Crippen LogP contribution in [0.5, 0.6) is 0 Å². The molecule has 1 N–H and O–H groups in total. The normalized spacial score (nSPS) is 11.1. The van der Waals surface area contributed by atoms with E-state index >= 15 is 0 Å². The molecule has 0 saturated carbocycles. The third kappa shape index (κ3) is 5.58. The van der Waals surface area contributed by atoms with Gasteiger partial charge in [0.05, 0.1) is 6.26 Å². The number of carbonyl (C=O) groups excluding carboxylic acids is 2. The van der Waals surface area contributed by atoms with Crippen molar-refractivity contribution in [2.45, 2.75) is 6.61 Å². The quantitative estimate of drug-likeness (QED) is 0.405. The van der Waals surface area contributed by atoms with Gasteiger partial charge in [-0.2, -0.15) is 0 Å². The molecule has 2 aromatic carbocycles. The van der Waals surface area contributed by atoms with Crippen LogP contribution in [0, 0.1) is 0 Å². The van der Waals surface area contributed by atoms with Gasteiger partial charge in [-0.15, -0.1) is 0 Å². The van der Waals surface area contributed by atoms with Crippen molar-refractivity contribution < 1.29 is 18.7 Å². The molecule has 0 radical (unpaired) electrons. The van der Waals surface area contributed by atoms with Crippen LogP contribution in [0.3, 0.4) is 0 Å². The Labute approximate surface area is 175 Å². The summed E-state index contributed by atoms with van der Waals surface area (Å²) < 4.78 is 11.2. The van der Waals surface area contributed by atoms with Gasteiger partial charge in [0.1, 0.15) is 18.1 Å². The fraction of sp³-hybridized carbons (Fsp3) is 0.0476. The molecule has 0 fully saturated rings. The number of ether oxygens (including phenoxy) is 1. The SMILES string of the molecule is O=C(OCc1ccco1)C(=Cc1ccc(Cl)cc1)NC(=O)c1cccc(Br)c1. The molecule has 7 heteroatoms. The lowest BCUT2D eigenvalue weighted by Gasteiger charge is -2.10. The van der Waals surface area contributed by atoms with Crippen LogP contribution in [0.4, 0.5) is 0 Å². The molecule has 0 spiro atoms. The molecule has 0 unspecified atom stereocenters. The highest BCUT2D eigenvalue weighted by atomic mass is 79.9. The number of furan rings is 1. The maximum absolute atomic E-state index is 12.6. The van der Waals surface area contributed by atoms with Crippen molar-refractivity contribution in [2.75, 3.05) is 0 Å².